The largest absolute Gasteiger partial charge is 0.496 e. The molecule has 0 aliphatic rings. The van der Waals surface area contributed by atoms with E-state index in [1.54, 1.807) is 7.11 Å². The van der Waals surface area contributed by atoms with Crippen molar-refractivity contribution in [3.8, 4) is 17.1 Å². The number of ether oxygens (including phenoxy) is 1. The van der Waals surface area contributed by atoms with E-state index in [0.717, 1.165) is 33.8 Å². The Morgan fingerprint density at radius 3 is 2.83 bits per heavy atom. The summed E-state index contributed by atoms with van der Waals surface area (Å²) >= 11 is 3.47. The smallest absolute Gasteiger partial charge is 0.141 e. The Kier molecular flexibility index (Phi) is 4.04. The van der Waals surface area contributed by atoms with Crippen LogP contribution in [0.2, 0.25) is 0 Å². The molecule has 1 heterocycles. The maximum Gasteiger partial charge on any atom is 0.141 e. The van der Waals surface area contributed by atoms with Gasteiger partial charge in [-0.3, -0.25) is 0 Å². The molecule has 0 fully saturated rings. The van der Waals surface area contributed by atoms with Crippen LogP contribution in [0.5, 0.6) is 5.75 Å². The van der Waals surface area contributed by atoms with Crippen LogP contribution in [0, 0.1) is 0 Å². The summed E-state index contributed by atoms with van der Waals surface area (Å²) in [6, 6.07) is 5.89. The van der Waals surface area contributed by atoms with Crippen molar-refractivity contribution < 1.29 is 9.64 Å². The van der Waals surface area contributed by atoms with Crippen LogP contribution in [0.4, 0.5) is 0 Å². The number of aromatic amines is 1. The summed E-state index contributed by atoms with van der Waals surface area (Å²) in [6.45, 7) is 0.920. The summed E-state index contributed by atoms with van der Waals surface area (Å²) in [7, 11) is 5.89. The number of hydrogen-bond acceptors (Lipinski definition) is 2. The maximum absolute atomic E-state index is 5.36. The number of nitrogens with one attached hydrogen (secondary N) is 2. The predicted molar refractivity (Wildman–Crippen MR) is 74.8 cm³/mol. The lowest BCUT2D eigenvalue weighted by atomic mass is 10.2. The van der Waals surface area contributed by atoms with E-state index in [2.05, 4.69) is 40.0 Å². The normalized spacial score (nSPS) is 10.9. The highest BCUT2D eigenvalue weighted by atomic mass is 79.9. The molecule has 0 saturated carbocycles. The van der Waals surface area contributed by atoms with Crippen molar-refractivity contribution in [3.05, 3.63) is 34.6 Å². The van der Waals surface area contributed by atoms with E-state index in [1.165, 1.54) is 4.90 Å². The van der Waals surface area contributed by atoms with Crippen LogP contribution in [0.1, 0.15) is 5.69 Å². The van der Waals surface area contributed by atoms with Gasteiger partial charge in [0, 0.05) is 4.47 Å². The SMILES string of the molecule is COc1ccc(Br)cc1-c1ncc(C[NH+](C)C)[nH]1. The molecule has 0 aliphatic carbocycles. The van der Waals surface area contributed by atoms with E-state index in [0.29, 0.717) is 0 Å². The summed E-state index contributed by atoms with van der Waals surface area (Å²) in [6.07, 6.45) is 1.88. The van der Waals surface area contributed by atoms with E-state index in [4.69, 9.17) is 4.74 Å². The zero-order valence-electron chi connectivity index (χ0n) is 10.7. The number of rotatable bonds is 4. The van der Waals surface area contributed by atoms with E-state index >= 15 is 0 Å². The van der Waals surface area contributed by atoms with Gasteiger partial charge in [-0.15, -0.1) is 0 Å². The number of hydrogen-bond donors (Lipinski definition) is 2. The summed E-state index contributed by atoms with van der Waals surface area (Å²) in [5, 5.41) is 0. The summed E-state index contributed by atoms with van der Waals surface area (Å²) in [5.74, 6) is 1.65. The van der Waals surface area contributed by atoms with Crippen molar-refractivity contribution in [2.45, 2.75) is 6.54 Å². The number of quaternary nitrogens is 1. The minimum absolute atomic E-state index is 0.816. The molecule has 0 atom stereocenters. The first-order valence-electron chi connectivity index (χ1n) is 5.77. The van der Waals surface area contributed by atoms with Gasteiger partial charge in [-0.05, 0) is 18.2 Å². The van der Waals surface area contributed by atoms with Gasteiger partial charge in [-0.1, -0.05) is 15.9 Å². The van der Waals surface area contributed by atoms with Gasteiger partial charge in [0.1, 0.15) is 18.1 Å². The van der Waals surface area contributed by atoms with Gasteiger partial charge in [0.15, 0.2) is 0 Å². The summed E-state index contributed by atoms with van der Waals surface area (Å²) < 4.78 is 6.37. The highest BCUT2D eigenvalue weighted by molar-refractivity contribution is 9.10. The lowest BCUT2D eigenvalue weighted by Gasteiger charge is -2.07. The first kappa shape index (κ1) is 13.1. The lowest BCUT2D eigenvalue weighted by Crippen LogP contribution is -3.04. The minimum Gasteiger partial charge on any atom is -0.496 e. The Hall–Kier alpha value is -1.33. The number of benzene rings is 1. The third-order valence-corrected chi connectivity index (χ3v) is 3.08. The van der Waals surface area contributed by atoms with Gasteiger partial charge in [0.25, 0.3) is 0 Å². The van der Waals surface area contributed by atoms with Crippen molar-refractivity contribution in [2.24, 2.45) is 0 Å². The van der Waals surface area contributed by atoms with Crippen LogP contribution < -0.4 is 9.64 Å². The maximum atomic E-state index is 5.36. The molecule has 18 heavy (non-hydrogen) atoms. The molecule has 5 heteroatoms. The number of H-pyrrole nitrogens is 1. The average molecular weight is 311 g/mol. The fourth-order valence-corrected chi connectivity index (χ4v) is 2.19. The zero-order chi connectivity index (χ0) is 13.1. The van der Waals surface area contributed by atoms with Crippen LogP contribution in [-0.4, -0.2) is 31.2 Å². The molecular formula is C13H17BrN3O+. The highest BCUT2D eigenvalue weighted by Crippen LogP contribution is 2.30. The second-order valence-electron chi connectivity index (χ2n) is 4.49. The molecule has 1 aromatic heterocycles. The van der Waals surface area contributed by atoms with Crippen molar-refractivity contribution in [1.29, 1.82) is 0 Å². The first-order chi connectivity index (χ1) is 8.60. The lowest BCUT2D eigenvalue weighted by molar-refractivity contribution is -0.873. The molecule has 2 rings (SSSR count). The van der Waals surface area contributed by atoms with Crippen LogP contribution in [0.3, 0.4) is 0 Å². The van der Waals surface area contributed by atoms with Crippen LogP contribution in [-0.2, 0) is 6.54 Å². The Morgan fingerprint density at radius 1 is 1.39 bits per heavy atom. The van der Waals surface area contributed by atoms with Gasteiger partial charge in [-0.2, -0.15) is 0 Å². The van der Waals surface area contributed by atoms with Crippen LogP contribution in [0.25, 0.3) is 11.4 Å². The average Bonchev–Trinajstić information content (AvgIpc) is 2.76. The fourth-order valence-electron chi connectivity index (χ4n) is 1.83. The molecule has 0 unspecified atom stereocenters. The number of aromatic nitrogens is 2. The molecule has 0 aliphatic heterocycles. The van der Waals surface area contributed by atoms with Gasteiger partial charge < -0.3 is 14.6 Å². The summed E-state index contributed by atoms with van der Waals surface area (Å²) in [5.41, 5.74) is 2.08. The van der Waals surface area contributed by atoms with E-state index in [1.807, 2.05) is 24.4 Å². The van der Waals surface area contributed by atoms with Gasteiger partial charge >= 0.3 is 0 Å². The Labute approximate surface area is 115 Å². The second kappa shape index (κ2) is 5.54. The third-order valence-electron chi connectivity index (χ3n) is 2.59. The number of nitrogens with zero attached hydrogens (tertiary/aromatic N) is 1. The molecular weight excluding hydrogens is 294 g/mol. The molecule has 2 N–H and O–H groups in total. The van der Waals surface area contributed by atoms with E-state index < -0.39 is 0 Å². The monoisotopic (exact) mass is 310 g/mol. The first-order valence-corrected chi connectivity index (χ1v) is 6.56. The second-order valence-corrected chi connectivity index (χ2v) is 5.40. The molecule has 0 bridgehead atoms. The fraction of sp³-hybridized carbons (Fsp3) is 0.308. The quantitative estimate of drug-likeness (QED) is 0.898. The van der Waals surface area contributed by atoms with E-state index in [-0.39, 0.29) is 0 Å². The van der Waals surface area contributed by atoms with Crippen LogP contribution in [0.15, 0.2) is 28.9 Å². The van der Waals surface area contributed by atoms with Gasteiger partial charge in [0.2, 0.25) is 0 Å². The van der Waals surface area contributed by atoms with Gasteiger partial charge in [0.05, 0.1) is 38.7 Å². The molecule has 0 amide bonds. The topological polar surface area (TPSA) is 42.4 Å². The molecule has 4 nitrogen and oxygen atoms in total. The highest BCUT2D eigenvalue weighted by Gasteiger charge is 2.11. The Balaban J connectivity index is 2.36. The molecule has 96 valence electrons. The Bertz CT molecular complexity index is 537. The molecule has 2 aromatic rings. The number of methoxy groups -OCH3 is 1. The Morgan fingerprint density at radius 2 is 2.17 bits per heavy atom. The van der Waals surface area contributed by atoms with Gasteiger partial charge in [-0.25, -0.2) is 4.98 Å². The molecule has 1 aromatic carbocycles. The molecule has 0 radical (unpaired) electrons. The molecule has 0 saturated heterocycles. The van der Waals surface area contributed by atoms with E-state index in [9.17, 15) is 0 Å². The number of halogens is 1. The number of imidazole rings is 1. The van der Waals surface area contributed by atoms with Crippen LogP contribution >= 0.6 is 15.9 Å². The third kappa shape index (κ3) is 2.91. The van der Waals surface area contributed by atoms with Crippen molar-refractivity contribution in [1.82, 2.24) is 9.97 Å². The van der Waals surface area contributed by atoms with Crippen molar-refractivity contribution in [2.75, 3.05) is 21.2 Å². The standard InChI is InChI=1S/C13H16BrN3O/c1-17(2)8-10-7-15-13(16-10)11-6-9(14)4-5-12(11)18-3/h4-7H,8H2,1-3H3,(H,15,16)/p+1. The zero-order valence-corrected chi connectivity index (χ0v) is 12.3. The van der Waals surface area contributed by atoms with Crippen molar-refractivity contribution >= 4 is 15.9 Å². The summed E-state index contributed by atoms with van der Waals surface area (Å²) in [4.78, 5) is 9.10. The molecule has 0 spiro atoms. The van der Waals surface area contributed by atoms with Crippen molar-refractivity contribution in [3.63, 3.8) is 0 Å². The predicted octanol–water partition coefficient (Wildman–Crippen LogP) is 1.49. The minimum atomic E-state index is 0.816.